The van der Waals surface area contributed by atoms with Gasteiger partial charge < -0.3 is 9.84 Å². The Morgan fingerprint density at radius 3 is 2.45 bits per heavy atom. The van der Waals surface area contributed by atoms with Gasteiger partial charge in [-0.2, -0.15) is 5.10 Å². The molecule has 156 valence electrons. The first kappa shape index (κ1) is 20.0. The maximum Gasteiger partial charge on any atom is 0.269 e. The lowest BCUT2D eigenvalue weighted by Crippen LogP contribution is -2.15. The number of rotatable bonds is 6. The first-order valence-corrected chi connectivity index (χ1v) is 9.54. The van der Waals surface area contributed by atoms with Gasteiger partial charge in [-0.15, -0.1) is 0 Å². The predicted molar refractivity (Wildman–Crippen MR) is 114 cm³/mol. The second kappa shape index (κ2) is 8.23. The van der Waals surface area contributed by atoms with Crippen LogP contribution in [0.1, 0.15) is 17.0 Å². The molecule has 4 aromatic rings. The normalized spacial score (nSPS) is 10.8. The van der Waals surface area contributed by atoms with E-state index in [0.717, 1.165) is 5.69 Å². The summed E-state index contributed by atoms with van der Waals surface area (Å²) in [4.78, 5) is 23.3. The number of aryl methyl sites for hydroxylation is 2. The van der Waals surface area contributed by atoms with Crippen molar-refractivity contribution in [3.8, 4) is 16.9 Å². The molecule has 0 unspecified atom stereocenters. The molecule has 4 rings (SSSR count). The second-order valence-electron chi connectivity index (χ2n) is 7.01. The zero-order valence-electron chi connectivity index (χ0n) is 16.9. The van der Waals surface area contributed by atoms with Gasteiger partial charge in [0.05, 0.1) is 22.7 Å². The summed E-state index contributed by atoms with van der Waals surface area (Å²) in [6.45, 7) is 3.48. The number of nitro groups is 1. The topological polar surface area (TPSA) is 116 Å². The zero-order chi connectivity index (χ0) is 22.0. The summed E-state index contributed by atoms with van der Waals surface area (Å²) in [6.07, 6.45) is 1.85. The van der Waals surface area contributed by atoms with Crippen LogP contribution in [0.5, 0.6) is 0 Å². The van der Waals surface area contributed by atoms with E-state index in [2.05, 4.69) is 15.6 Å². The molecule has 0 fully saturated rings. The molecule has 2 aromatic carbocycles. The number of carbonyl (C=O) groups excluding carboxylic acids is 1. The van der Waals surface area contributed by atoms with Crippen molar-refractivity contribution >= 4 is 17.3 Å². The Hall–Kier alpha value is -4.27. The fraction of sp³-hybridized carbons (Fsp3) is 0.136. The minimum absolute atomic E-state index is 0.0102. The molecule has 1 N–H and O–H groups in total. The summed E-state index contributed by atoms with van der Waals surface area (Å²) in [5.74, 6) is 0.284. The molecule has 0 saturated heterocycles. The summed E-state index contributed by atoms with van der Waals surface area (Å²) in [5.41, 5.74) is 3.92. The molecule has 9 heteroatoms. The largest absolute Gasteiger partial charge is 0.359 e. The molecular formula is C22H19N5O4. The molecule has 0 bridgehead atoms. The fourth-order valence-corrected chi connectivity index (χ4v) is 3.25. The van der Waals surface area contributed by atoms with Gasteiger partial charge in [0.2, 0.25) is 5.91 Å². The third kappa shape index (κ3) is 4.20. The van der Waals surface area contributed by atoms with Crippen LogP contribution < -0.4 is 5.32 Å². The fourth-order valence-electron chi connectivity index (χ4n) is 3.25. The van der Waals surface area contributed by atoms with E-state index < -0.39 is 4.92 Å². The molecule has 31 heavy (non-hydrogen) atoms. The number of carbonyl (C=O) groups is 1. The molecule has 0 aliphatic rings. The lowest BCUT2D eigenvalue weighted by atomic mass is 10.1. The minimum atomic E-state index is -0.454. The summed E-state index contributed by atoms with van der Waals surface area (Å²) >= 11 is 0. The van der Waals surface area contributed by atoms with Crippen molar-refractivity contribution in [2.75, 3.05) is 5.32 Å². The molecule has 0 aliphatic carbocycles. The standard InChI is InChI=1S/C22H19N5O4/c1-14-21(15(2)31-25-14)23-20(28)12-17-13-26(18-6-4-3-5-7-18)24-22(17)16-8-10-19(11-9-16)27(29)30/h3-11,13H,12H2,1-2H3,(H,23,28). The van der Waals surface area contributed by atoms with Gasteiger partial charge in [-0.3, -0.25) is 14.9 Å². The van der Waals surface area contributed by atoms with Gasteiger partial charge in [0.15, 0.2) is 5.76 Å². The molecule has 0 radical (unpaired) electrons. The Labute approximate surface area is 177 Å². The smallest absolute Gasteiger partial charge is 0.269 e. The van der Waals surface area contributed by atoms with Crippen molar-refractivity contribution in [3.05, 3.63) is 87.9 Å². The molecule has 0 aliphatic heterocycles. The number of nitrogens with one attached hydrogen (secondary N) is 1. The highest BCUT2D eigenvalue weighted by molar-refractivity contribution is 5.94. The lowest BCUT2D eigenvalue weighted by Gasteiger charge is -2.05. The third-order valence-corrected chi connectivity index (χ3v) is 4.81. The number of nitro benzene ring substituents is 1. The lowest BCUT2D eigenvalue weighted by molar-refractivity contribution is -0.384. The molecule has 2 aromatic heterocycles. The highest BCUT2D eigenvalue weighted by Gasteiger charge is 2.18. The van der Waals surface area contributed by atoms with Gasteiger partial charge in [0.1, 0.15) is 11.4 Å². The van der Waals surface area contributed by atoms with Crippen LogP contribution in [-0.2, 0) is 11.2 Å². The first-order valence-electron chi connectivity index (χ1n) is 9.54. The number of hydrogen-bond donors (Lipinski definition) is 1. The van der Waals surface area contributed by atoms with Crippen LogP contribution in [-0.4, -0.2) is 25.8 Å². The number of hydrogen-bond acceptors (Lipinski definition) is 6. The second-order valence-corrected chi connectivity index (χ2v) is 7.01. The van der Waals surface area contributed by atoms with E-state index >= 15 is 0 Å². The number of benzene rings is 2. The van der Waals surface area contributed by atoms with E-state index in [1.807, 2.05) is 30.3 Å². The highest BCUT2D eigenvalue weighted by Crippen LogP contribution is 2.27. The van der Waals surface area contributed by atoms with E-state index in [1.165, 1.54) is 12.1 Å². The average molecular weight is 417 g/mol. The summed E-state index contributed by atoms with van der Waals surface area (Å²) in [6, 6.07) is 15.6. The van der Waals surface area contributed by atoms with Gasteiger partial charge in [0.25, 0.3) is 5.69 Å². The number of non-ortho nitro benzene ring substituents is 1. The average Bonchev–Trinajstić information content (AvgIpc) is 3.33. The molecule has 2 heterocycles. The van der Waals surface area contributed by atoms with E-state index in [-0.39, 0.29) is 18.0 Å². The van der Waals surface area contributed by atoms with Gasteiger partial charge >= 0.3 is 0 Å². The van der Waals surface area contributed by atoms with Crippen molar-refractivity contribution in [1.29, 1.82) is 0 Å². The van der Waals surface area contributed by atoms with Crippen molar-refractivity contribution in [2.24, 2.45) is 0 Å². The van der Waals surface area contributed by atoms with E-state index in [0.29, 0.717) is 34.0 Å². The number of amides is 1. The highest BCUT2D eigenvalue weighted by atomic mass is 16.6. The number of anilines is 1. The molecule has 0 atom stereocenters. The minimum Gasteiger partial charge on any atom is -0.359 e. The number of para-hydroxylation sites is 1. The number of aromatic nitrogens is 3. The van der Waals surface area contributed by atoms with Crippen LogP contribution in [0.25, 0.3) is 16.9 Å². The molecule has 1 amide bonds. The van der Waals surface area contributed by atoms with Crippen LogP contribution in [0.2, 0.25) is 0 Å². The Kier molecular flexibility index (Phi) is 5.31. The zero-order valence-corrected chi connectivity index (χ0v) is 16.9. The summed E-state index contributed by atoms with van der Waals surface area (Å²) < 4.78 is 6.79. The monoisotopic (exact) mass is 417 g/mol. The number of nitrogens with zero attached hydrogens (tertiary/aromatic N) is 4. The summed E-state index contributed by atoms with van der Waals surface area (Å²) in [5, 5.41) is 22.3. The van der Waals surface area contributed by atoms with Crippen LogP contribution in [0.3, 0.4) is 0 Å². The van der Waals surface area contributed by atoms with Crippen LogP contribution in [0.4, 0.5) is 11.4 Å². The third-order valence-electron chi connectivity index (χ3n) is 4.81. The van der Waals surface area contributed by atoms with E-state index in [9.17, 15) is 14.9 Å². The van der Waals surface area contributed by atoms with Gasteiger partial charge in [-0.1, -0.05) is 23.4 Å². The first-order chi connectivity index (χ1) is 14.9. The van der Waals surface area contributed by atoms with E-state index in [4.69, 9.17) is 4.52 Å². The van der Waals surface area contributed by atoms with Crippen LogP contribution in [0.15, 0.2) is 65.3 Å². The quantitative estimate of drug-likeness (QED) is 0.371. The van der Waals surface area contributed by atoms with Crippen LogP contribution >= 0.6 is 0 Å². The van der Waals surface area contributed by atoms with Gasteiger partial charge in [0, 0.05) is 29.5 Å². The van der Waals surface area contributed by atoms with Crippen molar-refractivity contribution in [2.45, 2.75) is 20.3 Å². The molecule has 0 spiro atoms. The van der Waals surface area contributed by atoms with Crippen LogP contribution in [0, 0.1) is 24.0 Å². The SMILES string of the molecule is Cc1noc(C)c1NC(=O)Cc1cn(-c2ccccc2)nc1-c1ccc([N+](=O)[O-])cc1. The van der Waals surface area contributed by atoms with Crippen molar-refractivity contribution < 1.29 is 14.2 Å². The van der Waals surface area contributed by atoms with Gasteiger partial charge in [-0.05, 0) is 38.1 Å². The molecule has 9 nitrogen and oxygen atoms in total. The van der Waals surface area contributed by atoms with Crippen molar-refractivity contribution in [3.63, 3.8) is 0 Å². The predicted octanol–water partition coefficient (Wildman–Crippen LogP) is 4.23. The maximum absolute atomic E-state index is 12.8. The molecule has 0 saturated carbocycles. The maximum atomic E-state index is 12.8. The Bertz CT molecular complexity index is 1220. The Morgan fingerprint density at radius 2 is 1.84 bits per heavy atom. The van der Waals surface area contributed by atoms with Crippen molar-refractivity contribution in [1.82, 2.24) is 14.9 Å². The Balaban J connectivity index is 1.68. The summed E-state index contributed by atoms with van der Waals surface area (Å²) in [7, 11) is 0. The van der Waals surface area contributed by atoms with E-state index in [1.54, 1.807) is 36.9 Å². The van der Waals surface area contributed by atoms with Gasteiger partial charge in [-0.25, -0.2) is 4.68 Å². The molecular weight excluding hydrogens is 398 g/mol. The Morgan fingerprint density at radius 1 is 1.13 bits per heavy atom.